The van der Waals surface area contributed by atoms with Crippen molar-refractivity contribution in [2.45, 2.75) is 25.8 Å². The van der Waals surface area contributed by atoms with Crippen molar-refractivity contribution in [3.05, 3.63) is 34.9 Å². The van der Waals surface area contributed by atoms with Crippen molar-refractivity contribution in [3.63, 3.8) is 0 Å². The first-order valence-electron chi connectivity index (χ1n) is 5.91. The first-order chi connectivity index (χ1) is 8.22. The number of alkyl halides is 1. The van der Waals surface area contributed by atoms with Crippen LogP contribution in [0, 0.1) is 6.92 Å². The number of hydrogen-bond acceptors (Lipinski definition) is 1. The molecule has 0 saturated carbocycles. The van der Waals surface area contributed by atoms with Crippen molar-refractivity contribution in [2.75, 3.05) is 13.2 Å². The SMILES string of the molecule is Cc1cccc2c1CCC2NC(=O)NCCF. The van der Waals surface area contributed by atoms with E-state index in [1.54, 1.807) is 0 Å². The second kappa shape index (κ2) is 5.17. The molecule has 2 rings (SSSR count). The van der Waals surface area contributed by atoms with Crippen LogP contribution >= 0.6 is 0 Å². The molecule has 0 spiro atoms. The number of benzene rings is 1. The number of rotatable bonds is 3. The molecule has 0 saturated heterocycles. The maximum Gasteiger partial charge on any atom is 0.315 e. The van der Waals surface area contributed by atoms with Gasteiger partial charge in [0, 0.05) is 6.54 Å². The van der Waals surface area contributed by atoms with Crippen LogP contribution in [0.15, 0.2) is 18.2 Å². The Morgan fingerprint density at radius 1 is 1.53 bits per heavy atom. The molecule has 0 radical (unpaired) electrons. The fraction of sp³-hybridized carbons (Fsp3) is 0.462. The summed E-state index contributed by atoms with van der Waals surface area (Å²) in [4.78, 5) is 11.5. The van der Waals surface area contributed by atoms with Crippen molar-refractivity contribution in [1.29, 1.82) is 0 Å². The Balaban J connectivity index is 2.02. The van der Waals surface area contributed by atoms with Crippen LogP contribution in [0.2, 0.25) is 0 Å². The van der Waals surface area contributed by atoms with E-state index in [2.05, 4.69) is 29.7 Å². The number of nitrogens with one attached hydrogen (secondary N) is 2. The maximum absolute atomic E-state index is 11.9. The summed E-state index contributed by atoms with van der Waals surface area (Å²) in [5.41, 5.74) is 3.81. The molecule has 1 unspecified atom stereocenters. The Morgan fingerprint density at radius 3 is 3.12 bits per heavy atom. The maximum atomic E-state index is 11.9. The number of urea groups is 1. The van der Waals surface area contributed by atoms with E-state index in [0.29, 0.717) is 0 Å². The highest BCUT2D eigenvalue weighted by molar-refractivity contribution is 5.74. The third-order valence-corrected chi connectivity index (χ3v) is 3.19. The number of aryl methyl sites for hydroxylation is 1. The van der Waals surface area contributed by atoms with Crippen molar-refractivity contribution < 1.29 is 9.18 Å². The number of amides is 2. The van der Waals surface area contributed by atoms with E-state index in [1.165, 1.54) is 16.7 Å². The lowest BCUT2D eigenvalue weighted by atomic mass is 10.0. The highest BCUT2D eigenvalue weighted by atomic mass is 19.1. The minimum atomic E-state index is -0.534. The van der Waals surface area contributed by atoms with Crippen molar-refractivity contribution in [1.82, 2.24) is 10.6 Å². The molecule has 0 aliphatic heterocycles. The minimum Gasteiger partial charge on any atom is -0.336 e. The van der Waals surface area contributed by atoms with Crippen LogP contribution in [0.5, 0.6) is 0 Å². The number of carbonyl (C=O) groups is 1. The molecule has 1 aliphatic carbocycles. The van der Waals surface area contributed by atoms with Gasteiger partial charge < -0.3 is 10.6 Å². The number of hydrogen-bond donors (Lipinski definition) is 2. The predicted molar refractivity (Wildman–Crippen MR) is 64.8 cm³/mol. The van der Waals surface area contributed by atoms with Gasteiger partial charge in [0.15, 0.2) is 0 Å². The zero-order chi connectivity index (χ0) is 12.3. The Bertz CT molecular complexity index is 420. The van der Waals surface area contributed by atoms with Crippen LogP contribution < -0.4 is 10.6 Å². The average Bonchev–Trinajstić information content (AvgIpc) is 2.71. The normalized spacial score (nSPS) is 17.6. The number of carbonyl (C=O) groups excluding carboxylic acids is 1. The van der Waals surface area contributed by atoms with E-state index in [0.717, 1.165) is 12.8 Å². The molecule has 1 atom stereocenters. The molecule has 0 heterocycles. The lowest BCUT2D eigenvalue weighted by molar-refractivity contribution is 0.236. The molecule has 1 aliphatic rings. The van der Waals surface area contributed by atoms with Crippen LogP contribution in [0.3, 0.4) is 0 Å². The van der Waals surface area contributed by atoms with E-state index >= 15 is 0 Å². The molecule has 4 heteroatoms. The van der Waals surface area contributed by atoms with Crippen molar-refractivity contribution in [3.8, 4) is 0 Å². The molecule has 92 valence electrons. The largest absolute Gasteiger partial charge is 0.336 e. The quantitative estimate of drug-likeness (QED) is 0.830. The van der Waals surface area contributed by atoms with Gasteiger partial charge in [-0.25, -0.2) is 9.18 Å². The Morgan fingerprint density at radius 2 is 2.35 bits per heavy atom. The van der Waals surface area contributed by atoms with Gasteiger partial charge in [-0.1, -0.05) is 18.2 Å². The summed E-state index contributed by atoms with van der Waals surface area (Å²) in [6.45, 7) is 1.62. The first-order valence-corrected chi connectivity index (χ1v) is 5.91. The van der Waals surface area contributed by atoms with E-state index in [-0.39, 0.29) is 18.6 Å². The van der Waals surface area contributed by atoms with Gasteiger partial charge in [-0.3, -0.25) is 0 Å². The molecule has 2 amide bonds. The average molecular weight is 236 g/mol. The van der Waals surface area contributed by atoms with Gasteiger partial charge in [0.2, 0.25) is 0 Å². The summed E-state index contributed by atoms with van der Waals surface area (Å²) >= 11 is 0. The summed E-state index contributed by atoms with van der Waals surface area (Å²) in [5.74, 6) is 0. The zero-order valence-electron chi connectivity index (χ0n) is 9.92. The fourth-order valence-corrected chi connectivity index (χ4v) is 2.36. The highest BCUT2D eigenvalue weighted by Gasteiger charge is 2.24. The molecule has 0 bridgehead atoms. The van der Waals surface area contributed by atoms with Gasteiger partial charge in [-0.15, -0.1) is 0 Å². The predicted octanol–water partition coefficient (Wildman–Crippen LogP) is 2.25. The van der Waals surface area contributed by atoms with Gasteiger partial charge in [0.25, 0.3) is 0 Å². The lowest BCUT2D eigenvalue weighted by Crippen LogP contribution is -2.38. The van der Waals surface area contributed by atoms with Gasteiger partial charge in [0.1, 0.15) is 6.67 Å². The van der Waals surface area contributed by atoms with Crippen LogP contribution in [-0.2, 0) is 6.42 Å². The van der Waals surface area contributed by atoms with Crippen molar-refractivity contribution in [2.24, 2.45) is 0 Å². The standard InChI is InChI=1S/C13H17FN2O/c1-9-3-2-4-11-10(9)5-6-12(11)16-13(17)15-8-7-14/h2-4,12H,5-8H2,1H3,(H2,15,16,17). The Hall–Kier alpha value is -1.58. The van der Waals surface area contributed by atoms with E-state index in [1.807, 2.05) is 6.07 Å². The van der Waals surface area contributed by atoms with Crippen LogP contribution in [0.25, 0.3) is 0 Å². The van der Waals surface area contributed by atoms with E-state index < -0.39 is 6.67 Å². The summed E-state index contributed by atoms with van der Waals surface area (Å²) in [6.07, 6.45) is 1.92. The third kappa shape index (κ3) is 2.57. The molecule has 3 nitrogen and oxygen atoms in total. The van der Waals surface area contributed by atoms with Gasteiger partial charge >= 0.3 is 6.03 Å². The van der Waals surface area contributed by atoms with Gasteiger partial charge in [-0.2, -0.15) is 0 Å². The summed E-state index contributed by atoms with van der Waals surface area (Å²) < 4.78 is 11.9. The van der Waals surface area contributed by atoms with Crippen LogP contribution in [0.1, 0.15) is 29.2 Å². The second-order valence-corrected chi connectivity index (χ2v) is 4.32. The number of halogens is 1. The Kier molecular flexibility index (Phi) is 3.61. The Labute approximate surface area is 100 Å². The van der Waals surface area contributed by atoms with Gasteiger partial charge in [-0.05, 0) is 36.5 Å². The smallest absolute Gasteiger partial charge is 0.315 e. The lowest BCUT2D eigenvalue weighted by Gasteiger charge is -2.14. The summed E-state index contributed by atoms with van der Waals surface area (Å²) in [6, 6.07) is 5.92. The van der Waals surface area contributed by atoms with Crippen LogP contribution in [0.4, 0.5) is 9.18 Å². The first kappa shape index (κ1) is 11.9. The molecule has 17 heavy (non-hydrogen) atoms. The third-order valence-electron chi connectivity index (χ3n) is 3.19. The highest BCUT2D eigenvalue weighted by Crippen LogP contribution is 2.32. The fourth-order valence-electron chi connectivity index (χ4n) is 2.36. The molecule has 1 aromatic carbocycles. The monoisotopic (exact) mass is 236 g/mol. The van der Waals surface area contributed by atoms with E-state index in [9.17, 15) is 9.18 Å². The van der Waals surface area contributed by atoms with Gasteiger partial charge in [0.05, 0.1) is 6.04 Å². The molecule has 0 aromatic heterocycles. The molecule has 0 fully saturated rings. The molecule has 2 N–H and O–H groups in total. The minimum absolute atomic E-state index is 0.0597. The number of fused-ring (bicyclic) bond motifs is 1. The molecule has 1 aromatic rings. The van der Waals surface area contributed by atoms with Crippen LogP contribution in [-0.4, -0.2) is 19.3 Å². The molecular weight excluding hydrogens is 219 g/mol. The zero-order valence-corrected chi connectivity index (χ0v) is 9.92. The van der Waals surface area contributed by atoms with E-state index in [4.69, 9.17) is 0 Å². The van der Waals surface area contributed by atoms with Crippen molar-refractivity contribution >= 4 is 6.03 Å². The topological polar surface area (TPSA) is 41.1 Å². The summed E-state index contributed by atoms with van der Waals surface area (Å²) in [5, 5.41) is 5.36. The molecular formula is C13H17FN2O. The summed E-state index contributed by atoms with van der Waals surface area (Å²) in [7, 11) is 0. The second-order valence-electron chi connectivity index (χ2n) is 4.32.